The number of rotatable bonds is 14. The lowest BCUT2D eigenvalue weighted by atomic mass is 10.00. The summed E-state index contributed by atoms with van der Waals surface area (Å²) in [7, 11) is 1.04. The van der Waals surface area contributed by atoms with E-state index in [1.807, 2.05) is 36.4 Å². The number of nitrogens with one attached hydrogen (secondary N) is 4. The van der Waals surface area contributed by atoms with Crippen LogP contribution in [0.5, 0.6) is 0 Å². The number of halogens is 1. The molecule has 6 N–H and O–H groups in total. The Bertz CT molecular complexity index is 1800. The third-order valence-electron chi connectivity index (χ3n) is 7.22. The molecule has 1 heterocycles. The van der Waals surface area contributed by atoms with E-state index in [1.165, 1.54) is 6.20 Å². The average Bonchev–Trinajstić information content (AvgIpc) is 3.44. The molecule has 3 atom stereocenters. The van der Waals surface area contributed by atoms with E-state index in [0.29, 0.717) is 21.5 Å². The molecule has 0 unspecified atom stereocenters. The second kappa shape index (κ2) is 15.0. The monoisotopic (exact) mass is 650 g/mol. The van der Waals surface area contributed by atoms with Gasteiger partial charge in [-0.05, 0) is 41.0 Å². The molecule has 0 spiro atoms. The number of H-pyrrole nitrogens is 1. The van der Waals surface area contributed by atoms with Gasteiger partial charge in [0.15, 0.2) is 0 Å². The normalized spacial score (nSPS) is 12.9. The van der Waals surface area contributed by atoms with Gasteiger partial charge in [0.1, 0.15) is 18.1 Å². The first-order chi connectivity index (χ1) is 21.9. The summed E-state index contributed by atoms with van der Waals surface area (Å²) in [4.78, 5) is 78.3. The number of hydrogen-bond acceptors (Lipinski definition) is 7. The van der Waals surface area contributed by atoms with Gasteiger partial charge < -0.3 is 35.9 Å². The fourth-order valence-electron chi connectivity index (χ4n) is 4.91. The Morgan fingerprint density at radius 3 is 2.22 bits per heavy atom. The minimum Gasteiger partial charge on any atom is -0.481 e. The summed E-state index contributed by atoms with van der Waals surface area (Å²) >= 11 is 6.14. The summed E-state index contributed by atoms with van der Waals surface area (Å²) in [5.74, 6) is -6.18. The maximum absolute atomic E-state index is 13.7. The predicted octanol–water partition coefficient (Wildman–Crippen LogP) is 2.80. The molecule has 3 amide bonds. The Morgan fingerprint density at radius 1 is 0.826 bits per heavy atom. The second-order valence-electron chi connectivity index (χ2n) is 10.5. The minimum atomic E-state index is -1.69. The number of esters is 1. The number of carbonyl (C=O) groups excluding carboxylic acids is 4. The number of aromatic nitrogens is 1. The van der Waals surface area contributed by atoms with Crippen LogP contribution in [-0.4, -0.2) is 76.1 Å². The Balaban J connectivity index is 1.61. The number of ether oxygens (including phenoxy) is 1. The molecule has 0 radical (unpaired) electrons. The van der Waals surface area contributed by atoms with Gasteiger partial charge in [-0.25, -0.2) is 4.79 Å². The van der Waals surface area contributed by atoms with Gasteiger partial charge in [-0.15, -0.1) is 0 Å². The van der Waals surface area contributed by atoms with Crippen molar-refractivity contribution in [2.45, 2.75) is 43.8 Å². The van der Waals surface area contributed by atoms with E-state index in [1.54, 1.807) is 24.3 Å². The van der Waals surface area contributed by atoms with Crippen LogP contribution in [0.4, 0.5) is 0 Å². The van der Waals surface area contributed by atoms with E-state index >= 15 is 0 Å². The number of amides is 3. The van der Waals surface area contributed by atoms with E-state index in [-0.39, 0.29) is 18.4 Å². The maximum Gasteiger partial charge on any atom is 0.328 e. The highest BCUT2D eigenvalue weighted by molar-refractivity contribution is 6.31. The molecular weight excluding hydrogens is 620 g/mol. The first-order valence-electron chi connectivity index (χ1n) is 14.1. The summed E-state index contributed by atoms with van der Waals surface area (Å²) < 4.78 is 4.63. The van der Waals surface area contributed by atoms with Crippen molar-refractivity contribution in [1.82, 2.24) is 20.9 Å². The average molecular weight is 651 g/mol. The van der Waals surface area contributed by atoms with Gasteiger partial charge in [0, 0.05) is 35.0 Å². The first kappa shape index (κ1) is 33.5. The number of aromatic amines is 1. The van der Waals surface area contributed by atoms with E-state index < -0.39 is 66.6 Å². The van der Waals surface area contributed by atoms with Crippen LogP contribution in [0.15, 0.2) is 66.9 Å². The predicted molar refractivity (Wildman–Crippen MR) is 167 cm³/mol. The van der Waals surface area contributed by atoms with Crippen molar-refractivity contribution in [3.05, 3.63) is 83.0 Å². The third-order valence-corrected chi connectivity index (χ3v) is 7.46. The zero-order valence-electron chi connectivity index (χ0n) is 24.5. The van der Waals surface area contributed by atoms with Crippen LogP contribution in [-0.2, 0) is 35.1 Å². The molecule has 0 aliphatic rings. The molecule has 46 heavy (non-hydrogen) atoms. The number of hydrogen-bond donors (Lipinski definition) is 6. The topological polar surface area (TPSA) is 204 Å². The van der Waals surface area contributed by atoms with Gasteiger partial charge >= 0.3 is 17.9 Å². The third kappa shape index (κ3) is 8.60. The molecular formula is C32H31ClN4O9. The van der Waals surface area contributed by atoms with Crippen molar-refractivity contribution >= 4 is 68.9 Å². The zero-order valence-corrected chi connectivity index (χ0v) is 25.3. The van der Waals surface area contributed by atoms with Crippen LogP contribution in [0.3, 0.4) is 0 Å². The highest BCUT2D eigenvalue weighted by atomic mass is 35.5. The molecule has 14 heteroatoms. The highest BCUT2D eigenvalue weighted by Gasteiger charge is 2.32. The van der Waals surface area contributed by atoms with E-state index in [2.05, 4.69) is 25.7 Å². The first-order valence-corrected chi connectivity index (χ1v) is 14.5. The van der Waals surface area contributed by atoms with Crippen LogP contribution in [0, 0.1) is 0 Å². The lowest BCUT2D eigenvalue weighted by Gasteiger charge is -2.24. The number of carboxylic acids is 2. The van der Waals surface area contributed by atoms with Gasteiger partial charge in [-0.3, -0.25) is 24.0 Å². The van der Waals surface area contributed by atoms with Crippen molar-refractivity contribution in [2.24, 2.45) is 0 Å². The largest absolute Gasteiger partial charge is 0.481 e. The van der Waals surface area contributed by atoms with Crippen molar-refractivity contribution in [2.75, 3.05) is 7.11 Å². The van der Waals surface area contributed by atoms with Gasteiger partial charge in [0.05, 0.1) is 19.1 Å². The number of aliphatic carboxylic acids is 2. The Kier molecular flexibility index (Phi) is 10.9. The Labute approximate surface area is 267 Å². The molecule has 1 aromatic heterocycles. The molecule has 0 saturated carbocycles. The number of benzene rings is 3. The molecule has 13 nitrogen and oxygen atoms in total. The maximum atomic E-state index is 13.7. The van der Waals surface area contributed by atoms with E-state index in [0.717, 1.165) is 17.9 Å². The van der Waals surface area contributed by atoms with Crippen molar-refractivity contribution in [3.8, 4) is 0 Å². The number of carbonyl (C=O) groups is 6. The van der Waals surface area contributed by atoms with Gasteiger partial charge in [-0.1, -0.05) is 54.1 Å². The summed E-state index contributed by atoms with van der Waals surface area (Å²) in [6.45, 7) is 0. The van der Waals surface area contributed by atoms with Crippen molar-refractivity contribution in [3.63, 3.8) is 0 Å². The number of carboxylic acid groups (broad SMARTS) is 2. The van der Waals surface area contributed by atoms with E-state index in [4.69, 9.17) is 16.7 Å². The second-order valence-corrected chi connectivity index (χ2v) is 10.9. The van der Waals surface area contributed by atoms with Crippen molar-refractivity contribution in [1.29, 1.82) is 0 Å². The number of methoxy groups -OCH3 is 1. The minimum absolute atomic E-state index is 0.0314. The molecule has 0 aliphatic heterocycles. The fourth-order valence-corrected chi connectivity index (χ4v) is 5.09. The van der Waals surface area contributed by atoms with Crippen LogP contribution in [0.2, 0.25) is 5.02 Å². The Hall–Kier alpha value is -5.43. The van der Waals surface area contributed by atoms with Crippen LogP contribution >= 0.6 is 11.6 Å². The molecule has 0 bridgehead atoms. The fraction of sp³-hybridized carbons (Fsp3) is 0.250. The van der Waals surface area contributed by atoms with Gasteiger partial charge in [0.25, 0.3) is 5.91 Å². The van der Waals surface area contributed by atoms with Crippen LogP contribution in [0.25, 0.3) is 21.7 Å². The molecule has 240 valence electrons. The lowest BCUT2D eigenvalue weighted by molar-refractivity contribution is -0.146. The highest BCUT2D eigenvalue weighted by Crippen LogP contribution is 2.23. The molecule has 4 aromatic rings. The summed E-state index contributed by atoms with van der Waals surface area (Å²) in [5.41, 5.74) is 1.50. The van der Waals surface area contributed by atoms with Gasteiger partial charge in [-0.2, -0.15) is 0 Å². The lowest BCUT2D eigenvalue weighted by Crippen LogP contribution is -2.56. The number of fused-ring (bicyclic) bond motifs is 2. The molecule has 4 rings (SSSR count). The standard InChI is InChI=1S/C32H31ClN4O9/c1-46-32(45)24(10-11-27(38)39)35-31(44)26(15-28(40)41)37-30(43)25(13-17-6-7-18-4-2-3-5-19(18)12-17)36-29(42)22-16-34-23-9-8-20(33)14-21(22)23/h2-9,12,14,16,24-26,34H,10-11,13,15H2,1H3,(H,35,44)(H,36,42)(H,37,43)(H,38,39)(H,40,41)/t24-,25-,26-/m0/s1. The smallest absolute Gasteiger partial charge is 0.328 e. The van der Waals surface area contributed by atoms with Crippen molar-refractivity contribution < 1.29 is 43.7 Å². The molecule has 0 saturated heterocycles. The van der Waals surface area contributed by atoms with Crippen LogP contribution < -0.4 is 16.0 Å². The molecule has 0 fully saturated rings. The Morgan fingerprint density at radius 2 is 1.52 bits per heavy atom. The SMILES string of the molecule is COC(=O)[C@H](CCC(=O)O)NC(=O)[C@H](CC(=O)O)NC(=O)[C@H](Cc1ccc2ccccc2c1)NC(=O)c1c[nH]c2ccc(Cl)cc12. The molecule has 0 aliphatic carbocycles. The zero-order chi connectivity index (χ0) is 33.4. The van der Waals surface area contributed by atoms with Gasteiger partial charge in [0.2, 0.25) is 11.8 Å². The van der Waals surface area contributed by atoms with E-state index in [9.17, 15) is 33.9 Å². The summed E-state index contributed by atoms with van der Waals surface area (Å²) in [5, 5.41) is 28.6. The molecule has 3 aromatic carbocycles. The summed E-state index contributed by atoms with van der Waals surface area (Å²) in [6, 6.07) is 13.6. The summed E-state index contributed by atoms with van der Waals surface area (Å²) in [6.07, 6.45) is -0.268. The van der Waals surface area contributed by atoms with Crippen LogP contribution in [0.1, 0.15) is 35.2 Å². The quantitative estimate of drug-likeness (QED) is 0.111.